The molecule has 0 aliphatic carbocycles. The summed E-state index contributed by atoms with van der Waals surface area (Å²) in [5, 5.41) is 3.22. The number of aldehydes is 1. The topological polar surface area (TPSA) is 76.1 Å². The summed E-state index contributed by atoms with van der Waals surface area (Å²) in [6.45, 7) is 4.90. The Morgan fingerprint density at radius 3 is 2.69 bits per heavy atom. The highest BCUT2D eigenvalue weighted by atomic mass is 32.2. The van der Waals surface area contributed by atoms with Gasteiger partial charge in [0, 0.05) is 23.1 Å². The number of aromatic nitrogens is 2. The van der Waals surface area contributed by atoms with E-state index >= 15 is 0 Å². The molecule has 29 heavy (non-hydrogen) atoms. The van der Waals surface area contributed by atoms with Crippen LogP contribution in [0, 0.1) is 13.8 Å². The van der Waals surface area contributed by atoms with E-state index in [0.717, 1.165) is 39.1 Å². The van der Waals surface area contributed by atoms with Crippen molar-refractivity contribution in [2.24, 2.45) is 0 Å². The van der Waals surface area contributed by atoms with Gasteiger partial charge in [-0.25, -0.2) is 4.98 Å². The molecule has 0 saturated carbocycles. The summed E-state index contributed by atoms with van der Waals surface area (Å²) in [7, 11) is 0. The maximum atomic E-state index is 11.5. The largest absolute Gasteiger partial charge is 0.475 e. The number of nitrogens with zero attached hydrogens (tertiary/aromatic N) is 2. The van der Waals surface area contributed by atoms with Crippen LogP contribution < -0.4 is 14.8 Å². The van der Waals surface area contributed by atoms with Gasteiger partial charge in [-0.3, -0.25) is 4.72 Å². The van der Waals surface area contributed by atoms with E-state index in [-0.39, 0.29) is 6.61 Å². The molecule has 0 saturated heterocycles. The molecule has 148 valence electrons. The Kier molecular flexibility index (Phi) is 5.78. The molecule has 0 fully saturated rings. The molecule has 2 N–H and O–H groups in total. The number of benzene rings is 2. The minimum atomic E-state index is -0.429. The third-order valence-corrected chi connectivity index (χ3v) is 5.52. The van der Waals surface area contributed by atoms with E-state index < -0.39 is 6.04 Å². The van der Waals surface area contributed by atoms with Gasteiger partial charge in [-0.05, 0) is 54.6 Å². The molecule has 1 aromatic heterocycles. The van der Waals surface area contributed by atoms with Crippen molar-refractivity contribution in [2.75, 3.05) is 11.3 Å². The Morgan fingerprint density at radius 2 is 1.90 bits per heavy atom. The Balaban J connectivity index is 1.75. The molecule has 0 spiro atoms. The van der Waals surface area contributed by atoms with Crippen molar-refractivity contribution in [1.82, 2.24) is 15.3 Å². The molecule has 7 heteroatoms. The monoisotopic (exact) mass is 406 g/mol. The predicted molar refractivity (Wildman–Crippen MR) is 115 cm³/mol. The SMILES string of the molecule is Cc1cccc(C)c1-c1cc2nc(n1)NSc1cccc(c1)CNC(C=O)CO2. The number of nitrogens with one attached hydrogen (secondary N) is 2. The maximum Gasteiger partial charge on any atom is 0.237 e. The Hall–Kier alpha value is -2.90. The van der Waals surface area contributed by atoms with Gasteiger partial charge in [0.05, 0.1) is 11.7 Å². The molecule has 1 unspecified atom stereocenters. The molecule has 1 atom stereocenters. The summed E-state index contributed by atoms with van der Waals surface area (Å²) < 4.78 is 9.10. The predicted octanol–water partition coefficient (Wildman–Crippen LogP) is 3.93. The Morgan fingerprint density at radius 1 is 1.10 bits per heavy atom. The standard InChI is InChI=1S/C22H22N4O2S/c1-14-5-3-6-15(2)21(14)19-10-20-25-22(24-19)26-29-18-8-4-7-16(9-18)11-23-17(12-27)13-28-20/h3-10,12,17,23H,11,13H2,1-2H3,(H,24,25,26). The summed E-state index contributed by atoms with van der Waals surface area (Å²) in [5.41, 5.74) is 5.20. The van der Waals surface area contributed by atoms with Gasteiger partial charge in [-0.15, -0.1) is 0 Å². The van der Waals surface area contributed by atoms with Crippen LogP contribution in [-0.2, 0) is 11.3 Å². The minimum Gasteiger partial charge on any atom is -0.475 e. The molecule has 1 aliphatic rings. The second-order valence-electron chi connectivity index (χ2n) is 6.97. The summed E-state index contributed by atoms with van der Waals surface area (Å²) in [4.78, 5) is 21.7. The van der Waals surface area contributed by atoms with Crippen molar-refractivity contribution in [3.8, 4) is 17.1 Å². The van der Waals surface area contributed by atoms with E-state index in [1.54, 1.807) is 0 Å². The third kappa shape index (κ3) is 4.58. The summed E-state index contributed by atoms with van der Waals surface area (Å²) in [6.07, 6.45) is 0.866. The zero-order chi connectivity index (χ0) is 20.2. The molecular weight excluding hydrogens is 384 g/mol. The van der Waals surface area contributed by atoms with Crippen molar-refractivity contribution >= 4 is 24.2 Å². The molecule has 4 rings (SSSR count). The molecule has 1 aliphatic heterocycles. The van der Waals surface area contributed by atoms with Crippen LogP contribution in [0.5, 0.6) is 5.88 Å². The van der Waals surface area contributed by atoms with E-state index in [4.69, 9.17) is 9.72 Å². The minimum absolute atomic E-state index is 0.193. The van der Waals surface area contributed by atoms with Gasteiger partial charge in [-0.1, -0.05) is 30.3 Å². The lowest BCUT2D eigenvalue weighted by molar-refractivity contribution is -0.110. The zero-order valence-corrected chi connectivity index (χ0v) is 17.1. The molecule has 0 amide bonds. The van der Waals surface area contributed by atoms with Crippen LogP contribution in [0.25, 0.3) is 11.3 Å². The quantitative estimate of drug-likeness (QED) is 0.493. The van der Waals surface area contributed by atoms with E-state index in [2.05, 4.69) is 47.1 Å². The van der Waals surface area contributed by atoms with Crippen LogP contribution in [-0.4, -0.2) is 28.9 Å². The molecule has 2 heterocycles. The summed E-state index contributed by atoms with van der Waals surface area (Å²) >= 11 is 1.44. The first-order valence-electron chi connectivity index (χ1n) is 9.41. The van der Waals surface area contributed by atoms with E-state index in [9.17, 15) is 4.79 Å². The second-order valence-corrected chi connectivity index (χ2v) is 7.85. The van der Waals surface area contributed by atoms with Crippen molar-refractivity contribution in [3.05, 3.63) is 65.2 Å². The molecule has 3 aromatic rings. The number of anilines is 1. The van der Waals surface area contributed by atoms with Gasteiger partial charge in [0.1, 0.15) is 12.9 Å². The van der Waals surface area contributed by atoms with Crippen molar-refractivity contribution in [1.29, 1.82) is 0 Å². The number of hydrogen-bond donors (Lipinski definition) is 2. The summed E-state index contributed by atoms with van der Waals surface area (Å²) in [5.74, 6) is 0.894. The summed E-state index contributed by atoms with van der Waals surface area (Å²) in [6, 6.07) is 15.7. The van der Waals surface area contributed by atoms with E-state index in [1.165, 1.54) is 11.9 Å². The molecule has 0 radical (unpaired) electrons. The Bertz CT molecular complexity index is 1020. The third-order valence-electron chi connectivity index (χ3n) is 4.74. The number of aryl methyl sites for hydroxylation is 2. The molecule has 4 bridgehead atoms. The van der Waals surface area contributed by atoms with Crippen LogP contribution in [0.15, 0.2) is 53.4 Å². The van der Waals surface area contributed by atoms with Gasteiger partial charge in [-0.2, -0.15) is 4.98 Å². The van der Waals surface area contributed by atoms with Crippen LogP contribution in [0.2, 0.25) is 0 Å². The fourth-order valence-corrected chi connectivity index (χ4v) is 3.94. The lowest BCUT2D eigenvalue weighted by Crippen LogP contribution is -2.35. The molecular formula is C22H22N4O2S. The smallest absolute Gasteiger partial charge is 0.237 e. The Labute approximate surface area is 174 Å². The highest BCUT2D eigenvalue weighted by Gasteiger charge is 2.15. The van der Waals surface area contributed by atoms with Gasteiger partial charge in [0.2, 0.25) is 11.8 Å². The van der Waals surface area contributed by atoms with E-state index in [0.29, 0.717) is 18.4 Å². The van der Waals surface area contributed by atoms with Gasteiger partial charge < -0.3 is 14.8 Å². The van der Waals surface area contributed by atoms with Gasteiger partial charge in [0.25, 0.3) is 0 Å². The molecule has 6 nitrogen and oxygen atoms in total. The maximum absolute atomic E-state index is 11.5. The average molecular weight is 407 g/mol. The normalized spacial score (nSPS) is 16.4. The van der Waals surface area contributed by atoms with Crippen molar-refractivity contribution in [2.45, 2.75) is 31.3 Å². The van der Waals surface area contributed by atoms with Gasteiger partial charge in [0.15, 0.2) is 0 Å². The van der Waals surface area contributed by atoms with Crippen LogP contribution in [0.3, 0.4) is 0 Å². The zero-order valence-electron chi connectivity index (χ0n) is 16.3. The molecule has 2 aromatic carbocycles. The van der Waals surface area contributed by atoms with Crippen molar-refractivity contribution in [3.63, 3.8) is 0 Å². The van der Waals surface area contributed by atoms with Crippen molar-refractivity contribution < 1.29 is 9.53 Å². The van der Waals surface area contributed by atoms with Crippen LogP contribution >= 0.6 is 11.9 Å². The first-order chi connectivity index (χ1) is 14.1. The number of hydrogen-bond acceptors (Lipinski definition) is 7. The lowest BCUT2D eigenvalue weighted by Gasteiger charge is -2.15. The average Bonchev–Trinajstić information content (AvgIpc) is 2.72. The number of fused-ring (bicyclic) bond motifs is 4. The number of carbonyl (C=O) groups excluding carboxylic acids is 1. The van der Waals surface area contributed by atoms with Crippen LogP contribution in [0.1, 0.15) is 16.7 Å². The van der Waals surface area contributed by atoms with Gasteiger partial charge >= 0.3 is 0 Å². The second kappa shape index (κ2) is 8.63. The lowest BCUT2D eigenvalue weighted by atomic mass is 10.00. The number of rotatable bonds is 2. The number of ether oxygens (including phenoxy) is 1. The van der Waals surface area contributed by atoms with Crippen LogP contribution in [0.4, 0.5) is 5.95 Å². The first-order valence-corrected chi connectivity index (χ1v) is 10.2. The number of carbonyl (C=O) groups is 1. The highest BCUT2D eigenvalue weighted by Crippen LogP contribution is 2.30. The van der Waals surface area contributed by atoms with E-state index in [1.807, 2.05) is 30.3 Å². The fraction of sp³-hybridized carbons (Fsp3) is 0.227. The first kappa shape index (κ1) is 19.4. The fourth-order valence-electron chi connectivity index (χ4n) is 3.29. The highest BCUT2D eigenvalue weighted by molar-refractivity contribution is 8.00.